The van der Waals surface area contributed by atoms with Crippen molar-refractivity contribution in [3.63, 3.8) is 0 Å². The minimum atomic E-state index is -0.167. The highest BCUT2D eigenvalue weighted by molar-refractivity contribution is 5.98. The van der Waals surface area contributed by atoms with Gasteiger partial charge in [0.1, 0.15) is 5.75 Å². The summed E-state index contributed by atoms with van der Waals surface area (Å²) < 4.78 is 5.49. The zero-order valence-electron chi connectivity index (χ0n) is 11.8. The molecule has 0 N–H and O–H groups in total. The van der Waals surface area contributed by atoms with Gasteiger partial charge >= 0.3 is 0 Å². The third kappa shape index (κ3) is 1.65. The lowest BCUT2D eigenvalue weighted by atomic mass is 9.96. The van der Waals surface area contributed by atoms with Crippen molar-refractivity contribution in [2.24, 2.45) is 0 Å². The molecule has 0 fully saturated rings. The Morgan fingerprint density at radius 1 is 1.26 bits per heavy atom. The second kappa shape index (κ2) is 3.94. The van der Waals surface area contributed by atoms with Gasteiger partial charge in [-0.2, -0.15) is 0 Å². The summed E-state index contributed by atoms with van der Waals surface area (Å²) in [7, 11) is 1.69. The molecule has 1 aromatic carbocycles. The third-order valence-corrected chi connectivity index (χ3v) is 3.97. The lowest BCUT2D eigenvalue weighted by molar-refractivity contribution is -0.123. The number of fused-ring (bicyclic) bond motifs is 5. The Labute approximate surface area is 113 Å². The van der Waals surface area contributed by atoms with Gasteiger partial charge in [-0.05, 0) is 38.5 Å². The van der Waals surface area contributed by atoms with Crippen LogP contribution in [0.3, 0.4) is 0 Å². The molecule has 0 aromatic heterocycles. The van der Waals surface area contributed by atoms with Gasteiger partial charge in [-0.3, -0.25) is 9.69 Å². The van der Waals surface area contributed by atoms with Crippen LogP contribution in [-0.4, -0.2) is 23.3 Å². The van der Waals surface area contributed by atoms with Crippen LogP contribution < -0.4 is 4.74 Å². The summed E-state index contributed by atoms with van der Waals surface area (Å²) in [4.78, 5) is 14.6. The number of benzene rings is 1. The predicted molar refractivity (Wildman–Crippen MR) is 74.2 cm³/mol. The van der Waals surface area contributed by atoms with Gasteiger partial charge in [0, 0.05) is 11.1 Å². The minimum absolute atomic E-state index is 0.0697. The van der Waals surface area contributed by atoms with Crippen LogP contribution in [0.15, 0.2) is 30.4 Å². The van der Waals surface area contributed by atoms with Gasteiger partial charge in [0.25, 0.3) is 0 Å². The Balaban J connectivity index is 2.24. The lowest BCUT2D eigenvalue weighted by Crippen LogP contribution is -2.45. The first kappa shape index (κ1) is 12.4. The maximum Gasteiger partial charge on any atom is 0.177 e. The smallest absolute Gasteiger partial charge is 0.177 e. The number of hydrogen-bond donors (Lipinski definition) is 0. The number of ketones is 1. The summed E-state index contributed by atoms with van der Waals surface area (Å²) in [5, 5.41) is 0. The maximum absolute atomic E-state index is 12.3. The second-order valence-electron chi connectivity index (χ2n) is 6.15. The Morgan fingerprint density at radius 3 is 2.63 bits per heavy atom. The van der Waals surface area contributed by atoms with Gasteiger partial charge in [-0.1, -0.05) is 18.2 Å². The van der Waals surface area contributed by atoms with Crippen molar-refractivity contribution in [1.29, 1.82) is 0 Å². The van der Waals surface area contributed by atoms with E-state index in [4.69, 9.17) is 4.74 Å². The standard InChI is InChI=1S/C16H19NO2/c1-16(2,3)17-11-8-9-12(18)15(17)10-6-5-7-13(19-4)14(10)11/h5-9,11,15H,1-4H3/t11-,15-/m0/s1. The van der Waals surface area contributed by atoms with E-state index in [1.807, 2.05) is 24.3 Å². The summed E-state index contributed by atoms with van der Waals surface area (Å²) >= 11 is 0. The molecule has 2 bridgehead atoms. The van der Waals surface area contributed by atoms with Crippen molar-refractivity contribution in [3.8, 4) is 5.75 Å². The van der Waals surface area contributed by atoms with Crippen molar-refractivity contribution < 1.29 is 9.53 Å². The highest BCUT2D eigenvalue weighted by atomic mass is 16.5. The molecule has 2 aliphatic rings. The van der Waals surface area contributed by atoms with E-state index < -0.39 is 0 Å². The van der Waals surface area contributed by atoms with Crippen molar-refractivity contribution in [1.82, 2.24) is 4.90 Å². The molecule has 3 heteroatoms. The van der Waals surface area contributed by atoms with Crippen LogP contribution in [0, 0.1) is 0 Å². The van der Waals surface area contributed by atoms with E-state index in [1.165, 1.54) is 0 Å². The van der Waals surface area contributed by atoms with Gasteiger partial charge in [0.15, 0.2) is 5.78 Å². The molecule has 0 spiro atoms. The van der Waals surface area contributed by atoms with Crippen molar-refractivity contribution in [2.75, 3.05) is 7.11 Å². The third-order valence-electron chi connectivity index (χ3n) is 3.97. The highest BCUT2D eigenvalue weighted by Crippen LogP contribution is 2.52. The van der Waals surface area contributed by atoms with Crippen molar-refractivity contribution in [3.05, 3.63) is 41.5 Å². The molecular formula is C16H19NO2. The quantitative estimate of drug-likeness (QED) is 0.774. The average molecular weight is 257 g/mol. The fraction of sp³-hybridized carbons (Fsp3) is 0.438. The molecular weight excluding hydrogens is 238 g/mol. The molecule has 100 valence electrons. The number of hydrogen-bond acceptors (Lipinski definition) is 3. The number of rotatable bonds is 1. The largest absolute Gasteiger partial charge is 0.496 e. The fourth-order valence-electron chi connectivity index (χ4n) is 3.30. The molecule has 3 rings (SSSR count). The molecule has 0 unspecified atom stereocenters. The summed E-state index contributed by atoms with van der Waals surface area (Å²) in [5.41, 5.74) is 2.17. The first-order valence-electron chi connectivity index (χ1n) is 6.62. The second-order valence-corrected chi connectivity index (χ2v) is 6.15. The van der Waals surface area contributed by atoms with Gasteiger partial charge in [0.2, 0.25) is 0 Å². The number of carbonyl (C=O) groups excluding carboxylic acids is 1. The lowest BCUT2D eigenvalue weighted by Gasteiger charge is -2.41. The zero-order chi connectivity index (χ0) is 13.8. The monoisotopic (exact) mass is 257 g/mol. The van der Waals surface area contributed by atoms with E-state index in [2.05, 4.69) is 25.7 Å². The molecule has 0 saturated heterocycles. The van der Waals surface area contributed by atoms with Gasteiger partial charge in [-0.15, -0.1) is 0 Å². The summed E-state index contributed by atoms with van der Waals surface area (Å²) in [6.45, 7) is 6.45. The SMILES string of the molecule is COc1cccc2c1[C@@H]1C=CC(=O)[C@H]2N1C(C)(C)C. The van der Waals surface area contributed by atoms with Crippen LogP contribution >= 0.6 is 0 Å². The number of ether oxygens (including phenoxy) is 1. The normalized spacial score (nSPS) is 25.6. The highest BCUT2D eigenvalue weighted by Gasteiger charge is 2.48. The maximum atomic E-state index is 12.3. The van der Waals surface area contributed by atoms with Crippen LogP contribution in [0.2, 0.25) is 0 Å². The fourth-order valence-corrected chi connectivity index (χ4v) is 3.30. The van der Waals surface area contributed by atoms with E-state index in [1.54, 1.807) is 13.2 Å². The molecule has 19 heavy (non-hydrogen) atoms. The summed E-state index contributed by atoms with van der Waals surface area (Å²) in [6, 6.07) is 5.95. The van der Waals surface area contributed by atoms with Crippen LogP contribution in [0.25, 0.3) is 0 Å². The van der Waals surface area contributed by atoms with Crippen LogP contribution in [0.4, 0.5) is 0 Å². The molecule has 3 nitrogen and oxygen atoms in total. The molecule has 2 aliphatic heterocycles. The average Bonchev–Trinajstić information content (AvgIpc) is 2.63. The van der Waals surface area contributed by atoms with Crippen LogP contribution in [0.5, 0.6) is 5.75 Å². The summed E-state index contributed by atoms with van der Waals surface area (Å²) in [6.07, 6.45) is 3.72. The molecule has 2 atom stereocenters. The predicted octanol–water partition coefficient (Wildman–Crippen LogP) is 3.03. The number of nitrogens with zero attached hydrogens (tertiary/aromatic N) is 1. The Hall–Kier alpha value is -1.61. The topological polar surface area (TPSA) is 29.5 Å². The van der Waals surface area contributed by atoms with E-state index in [0.29, 0.717) is 0 Å². The molecule has 0 amide bonds. The first-order valence-corrected chi connectivity index (χ1v) is 6.62. The van der Waals surface area contributed by atoms with E-state index in [-0.39, 0.29) is 23.4 Å². The van der Waals surface area contributed by atoms with Crippen molar-refractivity contribution in [2.45, 2.75) is 38.4 Å². The molecule has 0 radical (unpaired) electrons. The Morgan fingerprint density at radius 2 is 2.00 bits per heavy atom. The van der Waals surface area contributed by atoms with Gasteiger partial charge in [-0.25, -0.2) is 0 Å². The Kier molecular flexibility index (Phi) is 2.58. The van der Waals surface area contributed by atoms with E-state index in [0.717, 1.165) is 16.9 Å². The molecule has 2 heterocycles. The Bertz CT molecular complexity index is 569. The minimum Gasteiger partial charge on any atom is -0.496 e. The molecule has 1 aromatic rings. The molecule has 0 saturated carbocycles. The molecule has 0 aliphatic carbocycles. The number of methoxy groups -OCH3 is 1. The van der Waals surface area contributed by atoms with Crippen molar-refractivity contribution >= 4 is 5.78 Å². The zero-order valence-corrected chi connectivity index (χ0v) is 11.8. The summed E-state index contributed by atoms with van der Waals surface area (Å²) in [5.74, 6) is 1.04. The number of carbonyl (C=O) groups is 1. The van der Waals surface area contributed by atoms with Crippen LogP contribution in [-0.2, 0) is 4.79 Å². The van der Waals surface area contributed by atoms with Crippen LogP contribution in [0.1, 0.15) is 44.0 Å². The van der Waals surface area contributed by atoms with Gasteiger partial charge in [0.05, 0.1) is 19.2 Å². The first-order chi connectivity index (χ1) is 8.95. The van der Waals surface area contributed by atoms with E-state index >= 15 is 0 Å². The van der Waals surface area contributed by atoms with Gasteiger partial charge < -0.3 is 4.74 Å². The van der Waals surface area contributed by atoms with E-state index in [9.17, 15) is 4.79 Å².